The first-order valence-electron chi connectivity index (χ1n) is 6.83. The minimum absolute atomic E-state index is 0.324. The molecule has 0 spiro atoms. The van der Waals surface area contributed by atoms with E-state index in [1.54, 1.807) is 6.20 Å². The van der Waals surface area contributed by atoms with Gasteiger partial charge in [0.1, 0.15) is 0 Å². The lowest BCUT2D eigenvalue weighted by Gasteiger charge is -2.22. The summed E-state index contributed by atoms with van der Waals surface area (Å²) >= 11 is 3.51. The third-order valence-electron chi connectivity index (χ3n) is 3.90. The van der Waals surface area contributed by atoms with Crippen LogP contribution in [0.3, 0.4) is 0 Å². The summed E-state index contributed by atoms with van der Waals surface area (Å²) in [6.45, 7) is 3.86. The van der Waals surface area contributed by atoms with Crippen LogP contribution < -0.4 is 11.1 Å². The van der Waals surface area contributed by atoms with Crippen LogP contribution in [0, 0.1) is 5.92 Å². The highest BCUT2D eigenvalue weighted by Crippen LogP contribution is 2.32. The van der Waals surface area contributed by atoms with Gasteiger partial charge < -0.3 is 15.8 Å². The Morgan fingerprint density at radius 3 is 3.10 bits per heavy atom. The maximum absolute atomic E-state index is 6.11. The molecule has 0 radical (unpaired) electrons. The number of pyridine rings is 1. The van der Waals surface area contributed by atoms with Crippen molar-refractivity contribution in [2.24, 2.45) is 5.92 Å². The molecule has 2 unspecified atom stereocenters. The monoisotopic (exact) mass is 335 g/mol. The zero-order chi connectivity index (χ0) is 14.1. The first-order valence-corrected chi connectivity index (χ1v) is 7.62. The largest absolute Gasteiger partial charge is 0.396 e. The highest BCUT2D eigenvalue weighted by Gasteiger charge is 2.23. The van der Waals surface area contributed by atoms with Gasteiger partial charge in [-0.05, 0) is 31.5 Å². The molecule has 1 aromatic heterocycles. The zero-order valence-electron chi connectivity index (χ0n) is 11.4. The molecule has 0 bridgehead atoms. The molecule has 106 valence electrons. The van der Waals surface area contributed by atoms with Crippen molar-refractivity contribution in [3.05, 3.63) is 28.9 Å². The number of nitrogens with two attached hydrogens (primary N) is 1. The molecule has 2 atom stereocenters. The van der Waals surface area contributed by atoms with Crippen LogP contribution in [0.25, 0.3) is 10.9 Å². The summed E-state index contributed by atoms with van der Waals surface area (Å²) in [5.74, 6) is 0.532. The average molecular weight is 336 g/mol. The SMILES string of the molecule is CC(Nc1c(N)cnc2ccc(Br)cc12)C1CCOC1. The van der Waals surface area contributed by atoms with Crippen molar-refractivity contribution in [3.8, 4) is 0 Å². The summed E-state index contributed by atoms with van der Waals surface area (Å²) in [7, 11) is 0. The normalized spacial score (nSPS) is 20.2. The molecule has 2 aromatic rings. The molecule has 1 fully saturated rings. The minimum atomic E-state index is 0.324. The van der Waals surface area contributed by atoms with Gasteiger partial charge in [0.2, 0.25) is 0 Å². The number of halogens is 1. The fourth-order valence-electron chi connectivity index (χ4n) is 2.63. The number of anilines is 2. The lowest BCUT2D eigenvalue weighted by molar-refractivity contribution is 0.183. The van der Waals surface area contributed by atoms with Crippen molar-refractivity contribution < 1.29 is 4.74 Å². The average Bonchev–Trinajstić information content (AvgIpc) is 2.96. The van der Waals surface area contributed by atoms with Crippen molar-refractivity contribution in [2.45, 2.75) is 19.4 Å². The molecule has 2 heterocycles. The van der Waals surface area contributed by atoms with Crippen LogP contribution in [-0.2, 0) is 4.74 Å². The van der Waals surface area contributed by atoms with Crippen LogP contribution in [0.5, 0.6) is 0 Å². The van der Waals surface area contributed by atoms with Gasteiger partial charge in [-0.1, -0.05) is 15.9 Å². The quantitative estimate of drug-likeness (QED) is 0.902. The van der Waals surface area contributed by atoms with Gasteiger partial charge in [-0.15, -0.1) is 0 Å². The number of aromatic nitrogens is 1. The number of hydrogen-bond donors (Lipinski definition) is 2. The van der Waals surface area contributed by atoms with E-state index in [0.29, 0.717) is 17.6 Å². The third-order valence-corrected chi connectivity index (χ3v) is 4.40. The van der Waals surface area contributed by atoms with E-state index in [4.69, 9.17) is 10.5 Å². The highest BCUT2D eigenvalue weighted by molar-refractivity contribution is 9.10. The van der Waals surface area contributed by atoms with E-state index in [0.717, 1.165) is 40.7 Å². The van der Waals surface area contributed by atoms with Crippen LogP contribution in [0.1, 0.15) is 13.3 Å². The highest BCUT2D eigenvalue weighted by atomic mass is 79.9. The Bertz CT molecular complexity index is 621. The Morgan fingerprint density at radius 2 is 2.35 bits per heavy atom. The smallest absolute Gasteiger partial charge is 0.0743 e. The Balaban J connectivity index is 1.96. The second kappa shape index (κ2) is 5.58. The number of nitrogen functional groups attached to an aromatic ring is 1. The molecular formula is C15H18BrN3O. The molecule has 0 amide bonds. The maximum atomic E-state index is 6.11. The fraction of sp³-hybridized carbons (Fsp3) is 0.400. The summed E-state index contributed by atoms with van der Waals surface area (Å²) in [6.07, 6.45) is 2.82. The molecule has 0 aliphatic carbocycles. The maximum Gasteiger partial charge on any atom is 0.0743 e. The van der Waals surface area contributed by atoms with E-state index in [2.05, 4.69) is 39.2 Å². The number of ether oxygens (including phenoxy) is 1. The Hall–Kier alpha value is -1.33. The van der Waals surface area contributed by atoms with Crippen molar-refractivity contribution in [2.75, 3.05) is 24.3 Å². The molecule has 1 aliphatic rings. The Morgan fingerprint density at radius 1 is 1.50 bits per heavy atom. The molecule has 1 saturated heterocycles. The zero-order valence-corrected chi connectivity index (χ0v) is 13.0. The Kier molecular flexibility index (Phi) is 3.81. The summed E-state index contributed by atoms with van der Waals surface area (Å²) in [6, 6.07) is 6.36. The second-order valence-electron chi connectivity index (χ2n) is 5.31. The molecule has 3 rings (SSSR count). The number of nitrogens with one attached hydrogen (secondary N) is 1. The number of rotatable bonds is 3. The summed E-state index contributed by atoms with van der Waals surface area (Å²) in [5.41, 5.74) is 8.71. The first-order chi connectivity index (χ1) is 9.65. The number of hydrogen-bond acceptors (Lipinski definition) is 4. The first kappa shape index (κ1) is 13.6. The molecule has 4 nitrogen and oxygen atoms in total. The fourth-order valence-corrected chi connectivity index (χ4v) is 2.99. The lowest BCUT2D eigenvalue weighted by atomic mass is 10.00. The van der Waals surface area contributed by atoms with Gasteiger partial charge in [-0.25, -0.2) is 0 Å². The number of benzene rings is 1. The van der Waals surface area contributed by atoms with E-state index >= 15 is 0 Å². The van der Waals surface area contributed by atoms with E-state index < -0.39 is 0 Å². The summed E-state index contributed by atoms with van der Waals surface area (Å²) in [4.78, 5) is 4.38. The summed E-state index contributed by atoms with van der Waals surface area (Å²) < 4.78 is 6.49. The van der Waals surface area contributed by atoms with Crippen molar-refractivity contribution >= 4 is 38.2 Å². The van der Waals surface area contributed by atoms with Crippen molar-refractivity contribution in [3.63, 3.8) is 0 Å². The van der Waals surface area contributed by atoms with Gasteiger partial charge in [-0.2, -0.15) is 0 Å². The molecule has 1 aromatic carbocycles. The van der Waals surface area contributed by atoms with E-state index in [9.17, 15) is 0 Å². The van der Waals surface area contributed by atoms with Gasteiger partial charge in [0.25, 0.3) is 0 Å². The molecule has 3 N–H and O–H groups in total. The van der Waals surface area contributed by atoms with Crippen LogP contribution >= 0.6 is 15.9 Å². The Labute approximate surface area is 126 Å². The standard InChI is InChI=1S/C15H18BrN3O/c1-9(10-4-5-20-8-10)19-15-12-6-11(16)2-3-14(12)18-7-13(15)17/h2-3,6-7,9-10H,4-5,8,17H2,1H3,(H,18,19). The predicted molar refractivity (Wildman–Crippen MR) is 85.9 cm³/mol. The molecule has 20 heavy (non-hydrogen) atoms. The van der Waals surface area contributed by atoms with Gasteiger partial charge >= 0.3 is 0 Å². The van der Waals surface area contributed by atoms with Gasteiger partial charge in [0.05, 0.1) is 29.7 Å². The lowest BCUT2D eigenvalue weighted by Crippen LogP contribution is -2.26. The topological polar surface area (TPSA) is 60.2 Å². The second-order valence-corrected chi connectivity index (χ2v) is 6.22. The number of nitrogens with zero attached hydrogens (tertiary/aromatic N) is 1. The van der Waals surface area contributed by atoms with E-state index in [1.165, 1.54) is 0 Å². The van der Waals surface area contributed by atoms with Crippen LogP contribution in [0.2, 0.25) is 0 Å². The van der Waals surface area contributed by atoms with Crippen molar-refractivity contribution in [1.82, 2.24) is 4.98 Å². The van der Waals surface area contributed by atoms with E-state index in [-0.39, 0.29) is 0 Å². The van der Waals surface area contributed by atoms with Gasteiger partial charge in [0.15, 0.2) is 0 Å². The van der Waals surface area contributed by atoms with Gasteiger partial charge in [0, 0.05) is 28.4 Å². The van der Waals surface area contributed by atoms with Crippen LogP contribution in [0.4, 0.5) is 11.4 Å². The minimum Gasteiger partial charge on any atom is -0.396 e. The van der Waals surface area contributed by atoms with Crippen LogP contribution in [-0.4, -0.2) is 24.2 Å². The molecule has 5 heteroatoms. The van der Waals surface area contributed by atoms with Gasteiger partial charge in [-0.3, -0.25) is 4.98 Å². The van der Waals surface area contributed by atoms with Crippen LogP contribution in [0.15, 0.2) is 28.9 Å². The molecule has 1 aliphatic heterocycles. The van der Waals surface area contributed by atoms with E-state index in [1.807, 2.05) is 12.1 Å². The molecular weight excluding hydrogens is 318 g/mol. The predicted octanol–water partition coefficient (Wildman–Crippen LogP) is 3.42. The molecule has 0 saturated carbocycles. The summed E-state index contributed by atoms with van der Waals surface area (Å²) in [5, 5.41) is 4.60. The van der Waals surface area contributed by atoms with Crippen molar-refractivity contribution in [1.29, 1.82) is 0 Å². The third kappa shape index (κ3) is 2.60. The number of fused-ring (bicyclic) bond motifs is 1.